The summed E-state index contributed by atoms with van der Waals surface area (Å²) in [6.45, 7) is 2.01. The third-order valence-corrected chi connectivity index (χ3v) is 4.03. The van der Waals surface area contributed by atoms with Crippen molar-refractivity contribution in [2.24, 2.45) is 0 Å². The van der Waals surface area contributed by atoms with E-state index in [1.807, 2.05) is 0 Å². The van der Waals surface area contributed by atoms with E-state index in [1.165, 1.54) is 14.7 Å². The predicted octanol–water partition coefficient (Wildman–Crippen LogP) is -0.219. The number of likely N-dealkylation sites (N-methyl/N-ethyl adjacent to an activating group) is 2. The van der Waals surface area contributed by atoms with Crippen LogP contribution in [-0.2, 0) is 4.79 Å². The fraction of sp³-hybridized carbons (Fsp3) is 0.769. The van der Waals surface area contributed by atoms with E-state index in [4.69, 9.17) is 0 Å². The SMILES string of the molecule is C[C@@H](O)CCCCN1C(=O)C2C(NC(=O)N2C)N(C)C1=O. The van der Waals surface area contributed by atoms with Gasteiger partial charge in [-0.3, -0.25) is 9.69 Å². The number of amides is 5. The highest BCUT2D eigenvalue weighted by Gasteiger charge is 2.52. The number of nitrogens with one attached hydrogen (secondary N) is 1. The molecule has 0 aromatic rings. The molecule has 2 rings (SSSR count). The van der Waals surface area contributed by atoms with Crippen LogP contribution in [0.1, 0.15) is 26.2 Å². The number of carbonyl (C=O) groups excluding carboxylic acids is 3. The topological polar surface area (TPSA) is 93.2 Å². The molecule has 5 amide bonds. The Bertz CT molecular complexity index is 453. The summed E-state index contributed by atoms with van der Waals surface area (Å²) in [5, 5.41) is 11.8. The minimum absolute atomic E-state index is 0.306. The zero-order valence-electron chi connectivity index (χ0n) is 12.6. The van der Waals surface area contributed by atoms with Crippen LogP contribution in [-0.4, -0.2) is 76.7 Å². The first-order chi connectivity index (χ1) is 9.84. The Morgan fingerprint density at radius 2 is 1.86 bits per heavy atom. The third-order valence-electron chi connectivity index (χ3n) is 4.03. The number of unbranched alkanes of at least 4 members (excludes halogenated alkanes) is 1. The van der Waals surface area contributed by atoms with E-state index in [1.54, 1.807) is 21.0 Å². The third kappa shape index (κ3) is 2.80. The second kappa shape index (κ2) is 5.88. The van der Waals surface area contributed by atoms with Gasteiger partial charge in [0.1, 0.15) is 6.17 Å². The lowest BCUT2D eigenvalue weighted by molar-refractivity contribution is -0.137. The predicted molar refractivity (Wildman–Crippen MR) is 74.3 cm³/mol. The van der Waals surface area contributed by atoms with Gasteiger partial charge in [-0.05, 0) is 26.2 Å². The van der Waals surface area contributed by atoms with Gasteiger partial charge in [-0.1, -0.05) is 0 Å². The first-order valence-corrected chi connectivity index (χ1v) is 7.14. The molecule has 2 saturated heterocycles. The summed E-state index contributed by atoms with van der Waals surface area (Å²) in [6.07, 6.45) is 1.03. The first-order valence-electron chi connectivity index (χ1n) is 7.14. The summed E-state index contributed by atoms with van der Waals surface area (Å²) in [6, 6.07) is -1.42. The number of imide groups is 1. The van der Waals surface area contributed by atoms with Gasteiger partial charge in [0.15, 0.2) is 6.04 Å². The number of aliphatic hydroxyl groups excluding tert-OH is 1. The summed E-state index contributed by atoms with van der Waals surface area (Å²) < 4.78 is 0. The standard InChI is InChI=1S/C13H22N4O4/c1-8(18)6-4-5-7-17-11(19)9-10(16(3)13(17)21)14-12(20)15(9)2/h8-10,18H,4-7H2,1-3H3,(H,14,20)/t8-,9?,10?/m1/s1. The van der Waals surface area contributed by atoms with Gasteiger partial charge in [0, 0.05) is 20.6 Å². The molecule has 0 aromatic heterocycles. The van der Waals surface area contributed by atoms with Crippen LogP contribution in [0.4, 0.5) is 9.59 Å². The van der Waals surface area contributed by atoms with Crippen molar-refractivity contribution >= 4 is 18.0 Å². The number of fused-ring (bicyclic) bond motifs is 1. The molecular weight excluding hydrogens is 276 g/mol. The lowest BCUT2D eigenvalue weighted by Crippen LogP contribution is -2.65. The molecule has 2 aliphatic rings. The molecule has 118 valence electrons. The van der Waals surface area contributed by atoms with Crippen molar-refractivity contribution < 1.29 is 19.5 Å². The van der Waals surface area contributed by atoms with Crippen LogP contribution >= 0.6 is 0 Å². The Kier molecular flexibility index (Phi) is 4.36. The Hall–Kier alpha value is -1.83. The maximum absolute atomic E-state index is 12.4. The minimum atomic E-state index is -0.669. The molecule has 0 aliphatic carbocycles. The number of hydrogen-bond acceptors (Lipinski definition) is 4. The summed E-state index contributed by atoms with van der Waals surface area (Å²) >= 11 is 0. The quantitative estimate of drug-likeness (QED) is 0.686. The summed E-state index contributed by atoms with van der Waals surface area (Å²) in [7, 11) is 3.13. The summed E-state index contributed by atoms with van der Waals surface area (Å²) in [4.78, 5) is 40.2. The molecule has 0 aromatic carbocycles. The van der Waals surface area contributed by atoms with Crippen molar-refractivity contribution in [1.29, 1.82) is 0 Å². The van der Waals surface area contributed by atoms with Gasteiger partial charge in [-0.2, -0.15) is 0 Å². The highest BCUT2D eigenvalue weighted by atomic mass is 16.3. The molecule has 3 atom stereocenters. The van der Waals surface area contributed by atoms with E-state index in [9.17, 15) is 19.5 Å². The first kappa shape index (κ1) is 15.6. The van der Waals surface area contributed by atoms with E-state index < -0.39 is 18.2 Å². The monoisotopic (exact) mass is 298 g/mol. The van der Waals surface area contributed by atoms with Gasteiger partial charge in [0.2, 0.25) is 0 Å². The maximum Gasteiger partial charge on any atom is 0.328 e. The minimum Gasteiger partial charge on any atom is -0.393 e. The highest BCUT2D eigenvalue weighted by Crippen LogP contribution is 2.23. The van der Waals surface area contributed by atoms with E-state index in [-0.39, 0.29) is 18.0 Å². The Morgan fingerprint density at radius 1 is 1.19 bits per heavy atom. The van der Waals surface area contributed by atoms with Gasteiger partial charge < -0.3 is 20.2 Å². The fourth-order valence-corrected chi connectivity index (χ4v) is 2.73. The van der Waals surface area contributed by atoms with Crippen LogP contribution in [0.25, 0.3) is 0 Å². The van der Waals surface area contributed by atoms with Gasteiger partial charge in [0.05, 0.1) is 6.10 Å². The highest BCUT2D eigenvalue weighted by molar-refractivity contribution is 6.03. The molecule has 2 unspecified atom stereocenters. The van der Waals surface area contributed by atoms with Crippen molar-refractivity contribution in [3.63, 3.8) is 0 Å². The number of carbonyl (C=O) groups is 3. The molecule has 2 aliphatic heterocycles. The fourth-order valence-electron chi connectivity index (χ4n) is 2.73. The van der Waals surface area contributed by atoms with Gasteiger partial charge in [0.25, 0.3) is 5.91 Å². The summed E-state index contributed by atoms with van der Waals surface area (Å²) in [5.41, 5.74) is 0. The molecule has 0 radical (unpaired) electrons. The number of hydrogen-bond donors (Lipinski definition) is 2. The second-order valence-electron chi connectivity index (χ2n) is 5.68. The molecule has 0 bridgehead atoms. The van der Waals surface area contributed by atoms with Crippen molar-refractivity contribution in [3.05, 3.63) is 0 Å². The van der Waals surface area contributed by atoms with Crippen LogP contribution in [0.15, 0.2) is 0 Å². The zero-order chi connectivity index (χ0) is 15.7. The van der Waals surface area contributed by atoms with Crippen molar-refractivity contribution in [2.75, 3.05) is 20.6 Å². The van der Waals surface area contributed by atoms with Gasteiger partial charge >= 0.3 is 12.1 Å². The van der Waals surface area contributed by atoms with Crippen LogP contribution in [0.2, 0.25) is 0 Å². The smallest absolute Gasteiger partial charge is 0.328 e. The normalized spacial score (nSPS) is 27.0. The Morgan fingerprint density at radius 3 is 2.48 bits per heavy atom. The number of nitrogens with zero attached hydrogens (tertiary/aromatic N) is 3. The lowest BCUT2D eigenvalue weighted by atomic mass is 10.1. The molecule has 8 nitrogen and oxygen atoms in total. The zero-order valence-corrected chi connectivity index (χ0v) is 12.6. The van der Waals surface area contributed by atoms with E-state index in [0.717, 1.165) is 6.42 Å². The number of rotatable bonds is 5. The van der Waals surface area contributed by atoms with E-state index >= 15 is 0 Å². The molecule has 2 N–H and O–H groups in total. The molecule has 0 saturated carbocycles. The van der Waals surface area contributed by atoms with Crippen molar-refractivity contribution in [2.45, 2.75) is 44.5 Å². The Balaban J connectivity index is 2.03. The van der Waals surface area contributed by atoms with Crippen LogP contribution in [0.3, 0.4) is 0 Å². The summed E-state index contributed by atoms with van der Waals surface area (Å²) in [5.74, 6) is -0.346. The molecule has 2 fully saturated rings. The average molecular weight is 298 g/mol. The van der Waals surface area contributed by atoms with Crippen LogP contribution in [0, 0.1) is 0 Å². The van der Waals surface area contributed by atoms with E-state index in [0.29, 0.717) is 19.4 Å². The van der Waals surface area contributed by atoms with Gasteiger partial charge in [-0.15, -0.1) is 0 Å². The largest absolute Gasteiger partial charge is 0.393 e. The van der Waals surface area contributed by atoms with E-state index in [2.05, 4.69) is 5.32 Å². The molecule has 2 heterocycles. The molecular formula is C13H22N4O4. The molecule has 0 spiro atoms. The number of aliphatic hydroxyl groups is 1. The van der Waals surface area contributed by atoms with Crippen LogP contribution in [0.5, 0.6) is 0 Å². The average Bonchev–Trinajstić information content (AvgIpc) is 2.71. The van der Waals surface area contributed by atoms with Crippen molar-refractivity contribution in [1.82, 2.24) is 20.0 Å². The second-order valence-corrected chi connectivity index (χ2v) is 5.68. The lowest BCUT2D eigenvalue weighted by Gasteiger charge is -2.40. The molecule has 21 heavy (non-hydrogen) atoms. The van der Waals surface area contributed by atoms with Gasteiger partial charge in [-0.25, -0.2) is 9.59 Å². The van der Waals surface area contributed by atoms with Crippen molar-refractivity contribution in [3.8, 4) is 0 Å². The molecule has 8 heteroatoms. The Labute approximate surface area is 123 Å². The van der Waals surface area contributed by atoms with Crippen LogP contribution < -0.4 is 5.32 Å². The maximum atomic E-state index is 12.4. The number of urea groups is 2.